The van der Waals surface area contributed by atoms with Gasteiger partial charge in [0.1, 0.15) is 0 Å². The van der Waals surface area contributed by atoms with Gasteiger partial charge in [-0.1, -0.05) is 40.2 Å². The van der Waals surface area contributed by atoms with E-state index in [1.807, 2.05) is 37.3 Å². The standard InChI is InChI=1S/C15H15BrClN2O4P/c1-15(17)7-6-10(8-14(15)16)18-12-9-19(23-24(20,21)22)13-5-3-2-4-11(12)13/h2-9,14,18H,1H3,(H2,20,21,22). The molecule has 2 unspecified atom stereocenters. The summed E-state index contributed by atoms with van der Waals surface area (Å²) in [7, 11) is -4.67. The molecule has 0 spiro atoms. The van der Waals surface area contributed by atoms with Crippen molar-refractivity contribution in [2.75, 3.05) is 5.32 Å². The first-order valence-electron chi connectivity index (χ1n) is 7.02. The van der Waals surface area contributed by atoms with E-state index in [9.17, 15) is 4.57 Å². The molecule has 0 aliphatic heterocycles. The van der Waals surface area contributed by atoms with Gasteiger partial charge in [-0.05, 0) is 25.1 Å². The summed E-state index contributed by atoms with van der Waals surface area (Å²) in [6.45, 7) is 1.90. The van der Waals surface area contributed by atoms with Crippen LogP contribution in [-0.2, 0) is 4.57 Å². The second-order valence-electron chi connectivity index (χ2n) is 5.59. The molecule has 6 nitrogen and oxygen atoms in total. The second-order valence-corrected chi connectivity index (χ2v) is 8.54. The van der Waals surface area contributed by atoms with Crippen molar-refractivity contribution < 1.29 is 19.0 Å². The number of nitrogens with zero attached hydrogens (tertiary/aromatic N) is 1. The lowest BCUT2D eigenvalue weighted by molar-refractivity contribution is 0.185. The van der Waals surface area contributed by atoms with Gasteiger partial charge in [-0.25, -0.2) is 4.57 Å². The third kappa shape index (κ3) is 3.71. The molecule has 0 radical (unpaired) electrons. The van der Waals surface area contributed by atoms with Gasteiger partial charge in [0.05, 0.1) is 27.1 Å². The van der Waals surface area contributed by atoms with E-state index in [4.69, 9.17) is 26.0 Å². The number of rotatable bonds is 4. The Balaban J connectivity index is 1.96. The predicted molar refractivity (Wildman–Crippen MR) is 98.4 cm³/mol. The number of phosphoric acid groups is 1. The number of aromatic nitrogens is 1. The Kier molecular flexibility index (Phi) is 4.57. The van der Waals surface area contributed by atoms with Gasteiger partial charge >= 0.3 is 7.82 Å². The Morgan fingerprint density at radius 2 is 2.12 bits per heavy atom. The summed E-state index contributed by atoms with van der Waals surface area (Å²) >= 11 is 9.87. The molecule has 2 atom stereocenters. The lowest BCUT2D eigenvalue weighted by Gasteiger charge is -2.26. The molecule has 1 aromatic carbocycles. The molecule has 9 heteroatoms. The summed E-state index contributed by atoms with van der Waals surface area (Å²) < 4.78 is 16.9. The van der Waals surface area contributed by atoms with Gasteiger partial charge in [0.15, 0.2) is 0 Å². The molecule has 1 aliphatic carbocycles. The number of halogens is 2. The van der Waals surface area contributed by atoms with Crippen molar-refractivity contribution in [3.8, 4) is 0 Å². The van der Waals surface area contributed by atoms with Gasteiger partial charge in [0, 0.05) is 11.1 Å². The molecule has 0 bridgehead atoms. The van der Waals surface area contributed by atoms with E-state index in [0.717, 1.165) is 15.8 Å². The average molecular weight is 434 g/mol. The van der Waals surface area contributed by atoms with Crippen LogP contribution in [0.15, 0.2) is 54.4 Å². The molecule has 0 fully saturated rings. The molecule has 0 saturated heterocycles. The van der Waals surface area contributed by atoms with Crippen molar-refractivity contribution in [2.45, 2.75) is 16.6 Å². The summed E-state index contributed by atoms with van der Waals surface area (Å²) in [6, 6.07) is 7.15. The highest BCUT2D eigenvalue weighted by Gasteiger charge is 2.29. The van der Waals surface area contributed by atoms with E-state index in [0.29, 0.717) is 11.2 Å². The fourth-order valence-corrected chi connectivity index (χ4v) is 3.32. The minimum Gasteiger partial charge on any atom is -0.354 e. The summed E-state index contributed by atoms with van der Waals surface area (Å²) in [5.74, 6) is 0. The number of anilines is 1. The largest absolute Gasteiger partial charge is 0.543 e. The van der Waals surface area contributed by atoms with Crippen molar-refractivity contribution >= 4 is 51.9 Å². The Bertz CT molecular complexity index is 887. The lowest BCUT2D eigenvalue weighted by atomic mass is 10.0. The zero-order valence-corrected chi connectivity index (χ0v) is 15.8. The van der Waals surface area contributed by atoms with Gasteiger partial charge in [-0.2, -0.15) is 4.73 Å². The molecular weight excluding hydrogens is 419 g/mol. The zero-order valence-electron chi connectivity index (χ0n) is 12.6. The van der Waals surface area contributed by atoms with Crippen molar-refractivity contribution in [3.63, 3.8) is 0 Å². The van der Waals surface area contributed by atoms with Crippen LogP contribution in [0.1, 0.15) is 6.92 Å². The van der Waals surface area contributed by atoms with Crippen LogP contribution in [0.3, 0.4) is 0 Å². The first-order valence-corrected chi connectivity index (χ1v) is 9.85. The highest BCUT2D eigenvalue weighted by molar-refractivity contribution is 9.09. The fourth-order valence-electron chi connectivity index (χ4n) is 2.39. The summed E-state index contributed by atoms with van der Waals surface area (Å²) in [6.07, 6.45) is 7.17. The first-order chi connectivity index (χ1) is 11.2. The molecule has 3 N–H and O–H groups in total. The molecule has 0 saturated carbocycles. The van der Waals surface area contributed by atoms with Crippen molar-refractivity contribution in [3.05, 3.63) is 54.4 Å². The second kappa shape index (κ2) is 6.24. The number of nitrogens with one attached hydrogen (secondary N) is 1. The SMILES string of the molecule is CC1(Cl)C=CC(Nc2cn(OP(=O)(O)O)c3ccccc23)=CC1Br. The summed E-state index contributed by atoms with van der Waals surface area (Å²) in [5, 5.41) is 4.00. The minimum atomic E-state index is -4.67. The number of fused-ring (bicyclic) bond motifs is 1. The Hall–Kier alpha value is -1.24. The molecular formula is C15H15BrClN2O4P. The quantitative estimate of drug-likeness (QED) is 0.505. The highest BCUT2D eigenvalue weighted by Crippen LogP contribution is 2.36. The van der Waals surface area contributed by atoms with Crippen LogP contribution >= 0.6 is 35.4 Å². The number of para-hydroxylation sites is 1. The van der Waals surface area contributed by atoms with Crippen LogP contribution in [0.2, 0.25) is 0 Å². The van der Waals surface area contributed by atoms with Crippen LogP contribution in [0.4, 0.5) is 5.69 Å². The van der Waals surface area contributed by atoms with Crippen molar-refractivity contribution in [1.82, 2.24) is 4.73 Å². The van der Waals surface area contributed by atoms with E-state index < -0.39 is 12.7 Å². The number of benzene rings is 1. The average Bonchev–Trinajstić information content (AvgIpc) is 2.80. The van der Waals surface area contributed by atoms with Gasteiger partial charge in [0.2, 0.25) is 0 Å². The van der Waals surface area contributed by atoms with Crippen LogP contribution in [0, 0.1) is 0 Å². The van der Waals surface area contributed by atoms with Crippen LogP contribution < -0.4 is 9.94 Å². The molecule has 1 aliphatic rings. The summed E-state index contributed by atoms with van der Waals surface area (Å²) in [5.41, 5.74) is 2.02. The van der Waals surface area contributed by atoms with E-state index in [1.54, 1.807) is 12.1 Å². The molecule has 128 valence electrons. The molecule has 2 aromatic rings. The van der Waals surface area contributed by atoms with Gasteiger partial charge in [-0.3, -0.25) is 9.79 Å². The van der Waals surface area contributed by atoms with Crippen molar-refractivity contribution in [1.29, 1.82) is 0 Å². The molecule has 0 amide bonds. The van der Waals surface area contributed by atoms with E-state index in [-0.39, 0.29) is 4.83 Å². The highest BCUT2D eigenvalue weighted by atomic mass is 79.9. The molecule has 3 rings (SSSR count). The van der Waals surface area contributed by atoms with Gasteiger partial charge < -0.3 is 9.94 Å². The minimum absolute atomic E-state index is 0.0566. The van der Waals surface area contributed by atoms with E-state index in [1.165, 1.54) is 6.20 Å². The zero-order chi connectivity index (χ0) is 17.5. The van der Waals surface area contributed by atoms with Crippen LogP contribution in [0.25, 0.3) is 10.9 Å². The Labute approximate surface area is 152 Å². The van der Waals surface area contributed by atoms with E-state index >= 15 is 0 Å². The maximum Gasteiger partial charge on any atom is 0.543 e. The third-order valence-corrected chi connectivity index (χ3v) is 5.83. The van der Waals surface area contributed by atoms with Crippen molar-refractivity contribution in [2.24, 2.45) is 0 Å². The number of hydrogen-bond acceptors (Lipinski definition) is 3. The topological polar surface area (TPSA) is 83.7 Å². The molecule has 24 heavy (non-hydrogen) atoms. The van der Waals surface area contributed by atoms with Gasteiger partial charge in [-0.15, -0.1) is 11.6 Å². The Morgan fingerprint density at radius 1 is 1.42 bits per heavy atom. The smallest absolute Gasteiger partial charge is 0.354 e. The number of hydrogen-bond donors (Lipinski definition) is 3. The van der Waals surface area contributed by atoms with Crippen LogP contribution in [0.5, 0.6) is 0 Å². The maximum absolute atomic E-state index is 11.1. The third-order valence-electron chi connectivity index (χ3n) is 3.61. The fraction of sp³-hybridized carbons (Fsp3) is 0.200. The number of allylic oxidation sites excluding steroid dienone is 3. The first kappa shape index (κ1) is 17.6. The van der Waals surface area contributed by atoms with Gasteiger partial charge in [0.25, 0.3) is 0 Å². The lowest BCUT2D eigenvalue weighted by Crippen LogP contribution is -2.28. The Morgan fingerprint density at radius 3 is 2.79 bits per heavy atom. The molecule has 1 aromatic heterocycles. The predicted octanol–water partition coefficient (Wildman–Crippen LogP) is 3.79. The normalized spacial score (nSPS) is 24.0. The summed E-state index contributed by atoms with van der Waals surface area (Å²) in [4.78, 5) is 17.5. The number of alkyl halides is 2. The maximum atomic E-state index is 11.1. The van der Waals surface area contributed by atoms with Crippen LogP contribution in [-0.4, -0.2) is 24.2 Å². The molecule has 1 heterocycles. The van der Waals surface area contributed by atoms with E-state index in [2.05, 4.69) is 21.2 Å². The monoisotopic (exact) mass is 432 g/mol.